The van der Waals surface area contributed by atoms with Crippen LogP contribution >= 0.6 is 11.6 Å². The second kappa shape index (κ2) is 7.82. The van der Waals surface area contributed by atoms with E-state index in [0.717, 1.165) is 5.56 Å². The fourth-order valence-corrected chi connectivity index (χ4v) is 4.69. The molecule has 0 spiro atoms. The summed E-state index contributed by atoms with van der Waals surface area (Å²) in [6.45, 7) is 2.61. The van der Waals surface area contributed by atoms with Crippen molar-refractivity contribution in [1.82, 2.24) is 9.29 Å². The number of piperidine rings is 1. The highest BCUT2D eigenvalue weighted by Crippen LogP contribution is 2.28. The Labute approximate surface area is 158 Å². The minimum absolute atomic E-state index is 0.105. The summed E-state index contributed by atoms with van der Waals surface area (Å²) in [4.78, 5) is 4.40. The molecule has 0 N–H and O–H groups in total. The largest absolute Gasteiger partial charge is 0.496 e. The average Bonchev–Trinajstić information content (AvgIpc) is 2.64. The first-order valence-electron chi connectivity index (χ1n) is 8.34. The maximum Gasteiger partial charge on any atom is 0.243 e. The number of aryl methyl sites for hydroxylation is 1. The number of hydrogen-bond donors (Lipinski definition) is 0. The first-order valence-corrected chi connectivity index (χ1v) is 10.2. The van der Waals surface area contributed by atoms with Gasteiger partial charge in [0.25, 0.3) is 0 Å². The smallest absolute Gasteiger partial charge is 0.243 e. The third-order valence-electron chi connectivity index (χ3n) is 4.41. The molecular formula is C18H21ClN2O4S. The summed E-state index contributed by atoms with van der Waals surface area (Å²) in [5.41, 5.74) is 0.789. The zero-order valence-electron chi connectivity index (χ0n) is 14.7. The standard InChI is InChI=1S/C18H21ClN2O4S/c1-13-12-15(5-6-17(13)24-2)26(22,23)21-10-7-14(8-11-21)25-18-16(19)4-3-9-20-18/h3-6,9,12,14H,7-8,10-11H2,1-2H3. The average molecular weight is 397 g/mol. The van der Waals surface area contributed by atoms with Crippen LogP contribution in [0, 0.1) is 6.92 Å². The molecule has 0 atom stereocenters. The Kier molecular flexibility index (Phi) is 5.70. The zero-order chi connectivity index (χ0) is 18.7. The molecule has 26 heavy (non-hydrogen) atoms. The Morgan fingerprint density at radius 2 is 1.96 bits per heavy atom. The van der Waals surface area contributed by atoms with Crippen molar-refractivity contribution in [3.63, 3.8) is 0 Å². The number of methoxy groups -OCH3 is 1. The molecule has 8 heteroatoms. The minimum Gasteiger partial charge on any atom is -0.496 e. The second-order valence-electron chi connectivity index (χ2n) is 6.14. The molecule has 1 aromatic heterocycles. The van der Waals surface area contributed by atoms with Crippen LogP contribution in [0.2, 0.25) is 5.02 Å². The van der Waals surface area contributed by atoms with Crippen LogP contribution in [0.5, 0.6) is 11.6 Å². The van der Waals surface area contributed by atoms with Crippen molar-refractivity contribution < 1.29 is 17.9 Å². The molecule has 140 valence electrons. The van der Waals surface area contributed by atoms with Gasteiger partial charge in [0, 0.05) is 19.3 Å². The molecule has 1 aromatic carbocycles. The van der Waals surface area contributed by atoms with Gasteiger partial charge in [-0.15, -0.1) is 0 Å². The van der Waals surface area contributed by atoms with E-state index < -0.39 is 10.0 Å². The van der Waals surface area contributed by atoms with E-state index in [9.17, 15) is 8.42 Å². The number of pyridine rings is 1. The lowest BCUT2D eigenvalue weighted by Gasteiger charge is -2.31. The summed E-state index contributed by atoms with van der Waals surface area (Å²) >= 11 is 6.06. The Morgan fingerprint density at radius 1 is 1.23 bits per heavy atom. The summed E-state index contributed by atoms with van der Waals surface area (Å²) in [7, 11) is -1.97. The van der Waals surface area contributed by atoms with Gasteiger partial charge in [0.15, 0.2) is 0 Å². The second-order valence-corrected chi connectivity index (χ2v) is 8.49. The molecule has 2 heterocycles. The number of hydrogen-bond acceptors (Lipinski definition) is 5. The Morgan fingerprint density at radius 3 is 2.58 bits per heavy atom. The van der Waals surface area contributed by atoms with E-state index in [0.29, 0.717) is 42.6 Å². The van der Waals surface area contributed by atoms with Gasteiger partial charge in [-0.2, -0.15) is 4.31 Å². The first kappa shape index (κ1) is 18.9. The topological polar surface area (TPSA) is 68.7 Å². The maximum absolute atomic E-state index is 12.9. The van der Waals surface area contributed by atoms with Crippen molar-refractivity contribution >= 4 is 21.6 Å². The number of halogens is 1. The molecule has 1 saturated heterocycles. The van der Waals surface area contributed by atoms with E-state index in [2.05, 4.69) is 4.98 Å². The summed E-state index contributed by atoms with van der Waals surface area (Å²) in [5.74, 6) is 1.06. The molecule has 0 aliphatic carbocycles. The van der Waals surface area contributed by atoms with Gasteiger partial charge in [-0.3, -0.25) is 0 Å². The van der Waals surface area contributed by atoms with Gasteiger partial charge in [-0.05, 0) is 55.7 Å². The molecule has 1 aliphatic rings. The molecule has 0 radical (unpaired) electrons. The van der Waals surface area contributed by atoms with Crippen molar-refractivity contribution in [3.8, 4) is 11.6 Å². The number of rotatable bonds is 5. The van der Waals surface area contributed by atoms with Gasteiger partial charge in [-0.1, -0.05) is 11.6 Å². The highest BCUT2D eigenvalue weighted by atomic mass is 35.5. The maximum atomic E-state index is 12.9. The summed E-state index contributed by atoms with van der Waals surface area (Å²) in [6.07, 6.45) is 2.68. The minimum atomic E-state index is -3.53. The van der Waals surface area contributed by atoms with Crippen molar-refractivity contribution in [1.29, 1.82) is 0 Å². The predicted octanol–water partition coefficient (Wildman–Crippen LogP) is 3.28. The van der Waals surface area contributed by atoms with Crippen LogP contribution in [0.15, 0.2) is 41.4 Å². The summed E-state index contributed by atoms with van der Waals surface area (Å²) < 4.78 is 38.3. The number of benzene rings is 1. The molecule has 0 unspecified atom stereocenters. The van der Waals surface area contributed by atoms with Crippen LogP contribution < -0.4 is 9.47 Å². The van der Waals surface area contributed by atoms with Crippen LogP contribution in [-0.2, 0) is 10.0 Å². The number of sulfonamides is 1. The monoisotopic (exact) mass is 396 g/mol. The van der Waals surface area contributed by atoms with E-state index >= 15 is 0 Å². The van der Waals surface area contributed by atoms with Gasteiger partial charge in [0.1, 0.15) is 16.9 Å². The lowest BCUT2D eigenvalue weighted by molar-refractivity contribution is 0.130. The lowest BCUT2D eigenvalue weighted by atomic mass is 10.1. The Balaban J connectivity index is 1.67. The van der Waals surface area contributed by atoms with Crippen molar-refractivity contribution in [2.24, 2.45) is 0 Å². The Bertz CT molecular complexity index is 881. The van der Waals surface area contributed by atoms with Crippen LogP contribution in [0.25, 0.3) is 0 Å². The molecular weight excluding hydrogens is 376 g/mol. The number of ether oxygens (including phenoxy) is 2. The van der Waals surface area contributed by atoms with Crippen molar-refractivity contribution in [2.45, 2.75) is 30.8 Å². The van der Waals surface area contributed by atoms with Crippen molar-refractivity contribution in [3.05, 3.63) is 47.1 Å². The van der Waals surface area contributed by atoms with Crippen LogP contribution in [0.3, 0.4) is 0 Å². The number of nitrogens with zero attached hydrogens (tertiary/aromatic N) is 2. The van der Waals surface area contributed by atoms with Crippen molar-refractivity contribution in [2.75, 3.05) is 20.2 Å². The summed E-state index contributed by atoms with van der Waals surface area (Å²) in [6, 6.07) is 8.36. The molecule has 1 aliphatic heterocycles. The highest BCUT2D eigenvalue weighted by Gasteiger charge is 2.30. The molecule has 3 rings (SSSR count). The fraction of sp³-hybridized carbons (Fsp3) is 0.389. The van der Waals surface area contributed by atoms with Gasteiger partial charge >= 0.3 is 0 Å². The van der Waals surface area contributed by atoms with E-state index in [-0.39, 0.29) is 11.0 Å². The summed E-state index contributed by atoms with van der Waals surface area (Å²) in [5, 5.41) is 0.455. The highest BCUT2D eigenvalue weighted by molar-refractivity contribution is 7.89. The lowest BCUT2D eigenvalue weighted by Crippen LogP contribution is -2.41. The molecule has 6 nitrogen and oxygen atoms in total. The molecule has 0 saturated carbocycles. The third kappa shape index (κ3) is 3.95. The van der Waals surface area contributed by atoms with Crippen LogP contribution in [0.1, 0.15) is 18.4 Å². The quantitative estimate of drug-likeness (QED) is 0.775. The first-order chi connectivity index (χ1) is 12.4. The van der Waals surface area contributed by atoms with Crippen LogP contribution in [0.4, 0.5) is 0 Å². The number of aromatic nitrogens is 1. The normalized spacial score (nSPS) is 16.4. The third-order valence-corrected chi connectivity index (χ3v) is 6.59. The molecule has 0 amide bonds. The molecule has 2 aromatic rings. The SMILES string of the molecule is COc1ccc(S(=O)(=O)N2CCC(Oc3ncccc3Cl)CC2)cc1C. The van der Waals surface area contributed by atoms with Gasteiger partial charge in [0.05, 0.1) is 12.0 Å². The van der Waals surface area contributed by atoms with E-state index in [1.165, 1.54) is 4.31 Å². The van der Waals surface area contributed by atoms with Crippen LogP contribution in [-0.4, -0.2) is 44.0 Å². The van der Waals surface area contributed by atoms with E-state index in [4.69, 9.17) is 21.1 Å². The van der Waals surface area contributed by atoms with E-state index in [1.807, 2.05) is 6.92 Å². The molecule has 0 bridgehead atoms. The van der Waals surface area contributed by atoms with Gasteiger partial charge in [0.2, 0.25) is 15.9 Å². The van der Waals surface area contributed by atoms with E-state index in [1.54, 1.807) is 43.6 Å². The zero-order valence-corrected chi connectivity index (χ0v) is 16.3. The Hall–Kier alpha value is -1.83. The van der Waals surface area contributed by atoms with Gasteiger partial charge in [-0.25, -0.2) is 13.4 Å². The predicted molar refractivity (Wildman–Crippen MR) is 99.4 cm³/mol. The molecule has 1 fully saturated rings. The van der Waals surface area contributed by atoms with Gasteiger partial charge < -0.3 is 9.47 Å². The fourth-order valence-electron chi connectivity index (χ4n) is 2.97.